The zero-order chi connectivity index (χ0) is 32.5. The number of ether oxygens (including phenoxy) is 2. The van der Waals surface area contributed by atoms with E-state index in [1.54, 1.807) is 0 Å². The fraction of sp³-hybridized carbons (Fsp3) is 0.368. The number of nitrogens with one attached hydrogen (secondary N) is 1. The van der Waals surface area contributed by atoms with Crippen molar-refractivity contribution in [1.82, 2.24) is 4.90 Å². The minimum atomic E-state index is -0.814. The summed E-state index contributed by atoms with van der Waals surface area (Å²) < 4.78 is 13.1. The molecule has 1 fully saturated rings. The molecular formula is C38H44N2O6. The Hall–Kier alpha value is -4.08. The number of hydrogen-bond acceptors (Lipinski definition) is 6. The van der Waals surface area contributed by atoms with Gasteiger partial charge < -0.3 is 25.0 Å². The van der Waals surface area contributed by atoms with E-state index in [1.165, 1.54) is 16.3 Å². The van der Waals surface area contributed by atoms with Crippen LogP contribution in [0.15, 0.2) is 91.0 Å². The molecule has 0 aromatic heterocycles. The van der Waals surface area contributed by atoms with E-state index in [9.17, 15) is 14.7 Å². The first-order valence-corrected chi connectivity index (χ1v) is 16.1. The normalized spacial score (nSPS) is 18.8. The van der Waals surface area contributed by atoms with Crippen molar-refractivity contribution >= 4 is 28.3 Å². The Balaban J connectivity index is 1.29. The highest BCUT2D eigenvalue weighted by atomic mass is 16.7. The average Bonchev–Trinajstić information content (AvgIpc) is 3.07. The second kappa shape index (κ2) is 16.0. The van der Waals surface area contributed by atoms with Crippen molar-refractivity contribution in [2.45, 2.75) is 76.6 Å². The second-order valence-electron chi connectivity index (χ2n) is 12.2. The van der Waals surface area contributed by atoms with Crippen molar-refractivity contribution < 1.29 is 29.3 Å². The van der Waals surface area contributed by atoms with Crippen molar-refractivity contribution in [2.75, 3.05) is 18.9 Å². The molecule has 242 valence electrons. The minimum absolute atomic E-state index is 0.0154. The van der Waals surface area contributed by atoms with Gasteiger partial charge in [0.05, 0.1) is 18.8 Å². The number of rotatable bonds is 14. The first-order chi connectivity index (χ1) is 22.3. The molecule has 1 amide bonds. The smallest absolute Gasteiger partial charge is 0.303 e. The van der Waals surface area contributed by atoms with Gasteiger partial charge in [-0.1, -0.05) is 79.2 Å². The average molecular weight is 625 g/mol. The Morgan fingerprint density at radius 2 is 1.63 bits per heavy atom. The molecular weight excluding hydrogens is 580 g/mol. The van der Waals surface area contributed by atoms with Crippen LogP contribution in [0.5, 0.6) is 0 Å². The fourth-order valence-corrected chi connectivity index (χ4v) is 5.96. The summed E-state index contributed by atoms with van der Waals surface area (Å²) in [7, 11) is 2.12. The number of carbonyl (C=O) groups excluding carboxylic acids is 1. The van der Waals surface area contributed by atoms with Gasteiger partial charge in [-0.15, -0.1) is 0 Å². The topological polar surface area (TPSA) is 108 Å². The van der Waals surface area contributed by atoms with Crippen LogP contribution in [0.2, 0.25) is 0 Å². The van der Waals surface area contributed by atoms with E-state index in [0.29, 0.717) is 44.3 Å². The molecule has 1 saturated heterocycles. The lowest BCUT2D eigenvalue weighted by molar-refractivity contribution is -0.253. The summed E-state index contributed by atoms with van der Waals surface area (Å²) in [5.41, 5.74) is 4.58. The third-order valence-electron chi connectivity index (χ3n) is 8.76. The number of unbranched alkanes of at least 4 members (excludes halogenated alkanes) is 2. The summed E-state index contributed by atoms with van der Waals surface area (Å²) in [6, 6.07) is 30.6. The zero-order valence-corrected chi connectivity index (χ0v) is 26.6. The molecule has 0 saturated carbocycles. The number of carbonyl (C=O) groups is 2. The van der Waals surface area contributed by atoms with Crippen LogP contribution >= 0.6 is 0 Å². The van der Waals surface area contributed by atoms with Crippen LogP contribution < -0.4 is 5.32 Å². The number of benzene rings is 4. The highest BCUT2D eigenvalue weighted by Crippen LogP contribution is 2.39. The fourth-order valence-electron chi connectivity index (χ4n) is 5.96. The van der Waals surface area contributed by atoms with Crippen LogP contribution in [-0.2, 0) is 25.7 Å². The highest BCUT2D eigenvalue weighted by Gasteiger charge is 2.33. The number of aliphatic hydroxyl groups excluding tert-OH is 1. The molecule has 4 atom stereocenters. The number of hydrogen-bond donors (Lipinski definition) is 3. The number of amides is 1. The monoisotopic (exact) mass is 624 g/mol. The van der Waals surface area contributed by atoms with E-state index in [-0.39, 0.29) is 37.2 Å². The molecule has 1 aliphatic heterocycles. The van der Waals surface area contributed by atoms with Crippen molar-refractivity contribution in [1.29, 1.82) is 0 Å². The number of carboxylic acid groups (broad SMARTS) is 1. The van der Waals surface area contributed by atoms with E-state index in [4.69, 9.17) is 14.6 Å². The Kier molecular flexibility index (Phi) is 11.5. The maximum absolute atomic E-state index is 12.6. The molecule has 0 spiro atoms. The summed E-state index contributed by atoms with van der Waals surface area (Å²) in [6.45, 7) is 2.89. The lowest BCUT2D eigenvalue weighted by Gasteiger charge is -2.39. The Morgan fingerprint density at radius 1 is 0.870 bits per heavy atom. The Labute approximate surface area is 271 Å². The van der Waals surface area contributed by atoms with Crippen LogP contribution in [0.4, 0.5) is 5.69 Å². The summed E-state index contributed by atoms with van der Waals surface area (Å²) in [5.74, 6) is -0.923. The molecule has 0 aliphatic carbocycles. The minimum Gasteiger partial charge on any atom is -0.481 e. The number of likely N-dealkylation sites (N-methyl/N-ethyl adjacent to an activating group) is 1. The van der Waals surface area contributed by atoms with Gasteiger partial charge in [0.2, 0.25) is 5.91 Å². The SMILES string of the molecule is CC(c1ccc2ccccc2c1)N(C)CC1CC(c2ccc(CO)cc2)OC(c2cccc(NC(=O)CCCCCC(=O)O)c2)O1. The predicted octanol–water partition coefficient (Wildman–Crippen LogP) is 7.54. The molecule has 4 unspecified atom stereocenters. The number of nitrogens with zero attached hydrogens (tertiary/aromatic N) is 1. The third-order valence-corrected chi connectivity index (χ3v) is 8.76. The lowest BCUT2D eigenvalue weighted by atomic mass is 9.98. The van der Waals surface area contributed by atoms with Crippen LogP contribution in [0.25, 0.3) is 10.8 Å². The third kappa shape index (κ3) is 9.01. The van der Waals surface area contributed by atoms with Crippen molar-refractivity contribution in [2.24, 2.45) is 0 Å². The Morgan fingerprint density at radius 3 is 2.39 bits per heavy atom. The predicted molar refractivity (Wildman–Crippen MR) is 179 cm³/mol. The van der Waals surface area contributed by atoms with E-state index in [1.807, 2.05) is 48.5 Å². The zero-order valence-electron chi connectivity index (χ0n) is 26.6. The van der Waals surface area contributed by atoms with E-state index < -0.39 is 12.3 Å². The number of fused-ring (bicyclic) bond motifs is 1. The molecule has 1 aliphatic rings. The summed E-state index contributed by atoms with van der Waals surface area (Å²) in [6.07, 6.45) is 2.03. The van der Waals surface area contributed by atoms with Gasteiger partial charge in [0.1, 0.15) is 0 Å². The second-order valence-corrected chi connectivity index (χ2v) is 12.2. The quantitative estimate of drug-likeness (QED) is 0.124. The van der Waals surface area contributed by atoms with Gasteiger partial charge in [0.15, 0.2) is 6.29 Å². The largest absolute Gasteiger partial charge is 0.481 e. The van der Waals surface area contributed by atoms with E-state index in [0.717, 1.165) is 16.7 Å². The molecule has 46 heavy (non-hydrogen) atoms. The number of anilines is 1. The number of carboxylic acids is 1. The molecule has 0 bridgehead atoms. The standard InChI is InChI=1S/C38H44N2O6/c1-26(30-20-19-28-9-6-7-10-31(28)21-30)40(2)24-34-23-35(29-17-15-27(25-41)16-18-29)46-38(45-34)32-11-8-12-33(22-32)39-36(42)13-4-3-5-14-37(43)44/h6-12,15-22,26,34-35,38,41H,3-5,13-14,23-25H2,1-2H3,(H,39,42)(H,43,44). The molecule has 4 aromatic rings. The van der Waals surface area contributed by atoms with Crippen LogP contribution in [0.1, 0.15) is 86.1 Å². The summed E-state index contributed by atoms with van der Waals surface area (Å²) >= 11 is 0. The van der Waals surface area contributed by atoms with Gasteiger partial charge in [-0.25, -0.2) is 0 Å². The molecule has 1 heterocycles. The first kappa shape index (κ1) is 33.3. The maximum Gasteiger partial charge on any atom is 0.303 e. The summed E-state index contributed by atoms with van der Waals surface area (Å²) in [4.78, 5) is 25.6. The van der Waals surface area contributed by atoms with Gasteiger partial charge in [-0.3, -0.25) is 14.5 Å². The van der Waals surface area contributed by atoms with E-state index >= 15 is 0 Å². The Bertz CT molecular complexity index is 1610. The number of aliphatic hydroxyl groups is 1. The van der Waals surface area contributed by atoms with E-state index in [2.05, 4.69) is 66.7 Å². The highest BCUT2D eigenvalue weighted by molar-refractivity contribution is 5.90. The maximum atomic E-state index is 12.6. The lowest BCUT2D eigenvalue weighted by Crippen LogP contribution is -2.38. The van der Waals surface area contributed by atoms with Crippen LogP contribution in [0, 0.1) is 0 Å². The van der Waals surface area contributed by atoms with Gasteiger partial charge in [0.25, 0.3) is 0 Å². The number of aliphatic carboxylic acids is 1. The molecule has 8 nitrogen and oxygen atoms in total. The van der Waals surface area contributed by atoms with Gasteiger partial charge in [0, 0.05) is 43.1 Å². The molecule has 5 rings (SSSR count). The van der Waals surface area contributed by atoms with Gasteiger partial charge >= 0.3 is 5.97 Å². The molecule has 8 heteroatoms. The van der Waals surface area contributed by atoms with Gasteiger partial charge in [-0.05, 0) is 72.5 Å². The molecule has 3 N–H and O–H groups in total. The van der Waals surface area contributed by atoms with Crippen LogP contribution in [0.3, 0.4) is 0 Å². The van der Waals surface area contributed by atoms with Crippen LogP contribution in [-0.4, -0.2) is 46.7 Å². The van der Waals surface area contributed by atoms with Crippen molar-refractivity contribution in [3.63, 3.8) is 0 Å². The van der Waals surface area contributed by atoms with Gasteiger partial charge in [-0.2, -0.15) is 0 Å². The first-order valence-electron chi connectivity index (χ1n) is 16.1. The summed E-state index contributed by atoms with van der Waals surface area (Å²) in [5, 5.41) is 23.8. The van der Waals surface area contributed by atoms with Crippen molar-refractivity contribution in [3.8, 4) is 0 Å². The molecule has 0 radical (unpaired) electrons. The van der Waals surface area contributed by atoms with Crippen molar-refractivity contribution in [3.05, 3.63) is 113 Å². The molecule has 4 aromatic carbocycles.